The largest absolute Gasteiger partial charge is 0.394 e. The number of nitrogens with one attached hydrogen (secondary N) is 1. The van der Waals surface area contributed by atoms with Crippen LogP contribution >= 0.6 is 0 Å². The Morgan fingerprint density at radius 2 is 1.24 bits per heavy atom. The molecular weight excluding hydrogens is 646 g/mol. The van der Waals surface area contributed by atoms with E-state index in [-0.39, 0.29) is 12.5 Å². The Morgan fingerprint density at radius 1 is 0.686 bits per heavy atom. The number of ether oxygens (including phenoxy) is 2. The highest BCUT2D eigenvalue weighted by atomic mass is 16.7. The minimum atomic E-state index is -1.57. The van der Waals surface area contributed by atoms with Crippen LogP contribution in [0.5, 0.6) is 0 Å². The summed E-state index contributed by atoms with van der Waals surface area (Å²) in [5.41, 5.74) is 0. The van der Waals surface area contributed by atoms with Gasteiger partial charge in [-0.15, -0.1) is 0 Å². The number of rotatable bonds is 30. The highest BCUT2D eigenvalue weighted by molar-refractivity contribution is 5.76. The van der Waals surface area contributed by atoms with Crippen molar-refractivity contribution in [2.45, 2.75) is 172 Å². The summed E-state index contributed by atoms with van der Waals surface area (Å²) in [6.45, 7) is 3.49. The van der Waals surface area contributed by atoms with Gasteiger partial charge in [-0.05, 0) is 64.2 Å². The number of hydrogen-bond acceptors (Lipinski definition) is 8. The molecule has 7 unspecified atom stereocenters. The minimum absolute atomic E-state index is 0.205. The first kappa shape index (κ1) is 46.7. The third-order valence-corrected chi connectivity index (χ3v) is 8.75. The van der Waals surface area contributed by atoms with E-state index in [0.29, 0.717) is 6.42 Å². The topological polar surface area (TPSA) is 149 Å². The van der Waals surface area contributed by atoms with Gasteiger partial charge in [0.1, 0.15) is 24.4 Å². The van der Waals surface area contributed by atoms with Crippen molar-refractivity contribution in [3.63, 3.8) is 0 Å². The Bertz CT molecular complexity index is 1020. The van der Waals surface area contributed by atoms with Crippen molar-refractivity contribution in [3.05, 3.63) is 72.9 Å². The average Bonchev–Trinajstić information content (AvgIpc) is 3.13. The first-order valence-corrected chi connectivity index (χ1v) is 19.7. The highest BCUT2D eigenvalue weighted by Crippen LogP contribution is 2.22. The number of aliphatic hydroxyl groups excluding tert-OH is 5. The average molecular weight is 718 g/mol. The second-order valence-corrected chi connectivity index (χ2v) is 13.3. The Kier molecular flexibility index (Phi) is 29.5. The molecular formula is C42H71NO8. The molecule has 51 heavy (non-hydrogen) atoms. The van der Waals surface area contributed by atoms with E-state index in [1.165, 1.54) is 25.7 Å². The van der Waals surface area contributed by atoms with E-state index in [1.54, 1.807) is 6.08 Å². The summed E-state index contributed by atoms with van der Waals surface area (Å²) in [4.78, 5) is 12.8. The second kappa shape index (κ2) is 32.3. The Hall–Kier alpha value is -2.37. The number of carbonyl (C=O) groups is 1. The van der Waals surface area contributed by atoms with E-state index in [2.05, 4.69) is 79.9 Å². The fourth-order valence-corrected chi connectivity index (χ4v) is 5.58. The van der Waals surface area contributed by atoms with E-state index in [4.69, 9.17) is 9.47 Å². The van der Waals surface area contributed by atoms with Crippen LogP contribution in [0.1, 0.15) is 129 Å². The van der Waals surface area contributed by atoms with Gasteiger partial charge in [-0.2, -0.15) is 0 Å². The van der Waals surface area contributed by atoms with Crippen LogP contribution in [0.3, 0.4) is 0 Å². The van der Waals surface area contributed by atoms with Gasteiger partial charge in [-0.1, -0.05) is 132 Å². The lowest BCUT2D eigenvalue weighted by atomic mass is 9.99. The zero-order chi connectivity index (χ0) is 37.4. The first-order chi connectivity index (χ1) is 24.8. The number of aliphatic hydroxyl groups is 5. The van der Waals surface area contributed by atoms with Crippen molar-refractivity contribution in [3.8, 4) is 0 Å². The van der Waals surface area contributed by atoms with Gasteiger partial charge in [0.2, 0.25) is 5.91 Å². The maximum atomic E-state index is 12.8. The van der Waals surface area contributed by atoms with Crippen molar-refractivity contribution >= 4 is 5.91 Å². The number of unbranched alkanes of at least 4 members (excludes halogenated alkanes) is 10. The van der Waals surface area contributed by atoms with Crippen molar-refractivity contribution in [1.82, 2.24) is 5.32 Å². The van der Waals surface area contributed by atoms with Crippen LogP contribution in [0, 0.1) is 0 Å². The van der Waals surface area contributed by atoms with E-state index in [9.17, 15) is 30.3 Å². The van der Waals surface area contributed by atoms with Crippen molar-refractivity contribution < 1.29 is 39.8 Å². The molecule has 1 rings (SSSR count). The molecule has 1 heterocycles. The van der Waals surface area contributed by atoms with Crippen LogP contribution in [0.15, 0.2) is 72.9 Å². The smallest absolute Gasteiger partial charge is 0.220 e. The maximum absolute atomic E-state index is 12.8. The van der Waals surface area contributed by atoms with Gasteiger partial charge >= 0.3 is 0 Å². The molecule has 9 heteroatoms. The molecule has 0 aliphatic carbocycles. The van der Waals surface area contributed by atoms with Crippen molar-refractivity contribution in [2.24, 2.45) is 0 Å². The number of allylic oxidation sites excluding steroid dienone is 11. The molecule has 1 fully saturated rings. The minimum Gasteiger partial charge on any atom is -0.394 e. The number of carbonyl (C=O) groups excluding carboxylic acids is 1. The lowest BCUT2D eigenvalue weighted by molar-refractivity contribution is -0.302. The number of hydrogen-bond donors (Lipinski definition) is 6. The van der Waals surface area contributed by atoms with Crippen LogP contribution in [0.4, 0.5) is 0 Å². The van der Waals surface area contributed by atoms with Crippen molar-refractivity contribution in [2.75, 3.05) is 13.2 Å². The first-order valence-electron chi connectivity index (χ1n) is 19.7. The maximum Gasteiger partial charge on any atom is 0.220 e. The van der Waals surface area contributed by atoms with Gasteiger partial charge in [0.15, 0.2) is 6.29 Å². The van der Waals surface area contributed by atoms with Crippen LogP contribution in [-0.2, 0) is 14.3 Å². The van der Waals surface area contributed by atoms with E-state index in [0.717, 1.165) is 83.5 Å². The quantitative estimate of drug-likeness (QED) is 0.0342. The van der Waals surface area contributed by atoms with Gasteiger partial charge in [-0.25, -0.2) is 0 Å². The predicted octanol–water partition coefficient (Wildman–Crippen LogP) is 7.05. The molecule has 1 aliphatic heterocycles. The molecule has 1 aliphatic rings. The van der Waals surface area contributed by atoms with Gasteiger partial charge < -0.3 is 40.3 Å². The molecule has 0 aromatic carbocycles. The molecule has 1 saturated heterocycles. The monoisotopic (exact) mass is 718 g/mol. The van der Waals surface area contributed by atoms with Crippen LogP contribution in [0.25, 0.3) is 0 Å². The molecule has 1 amide bonds. The van der Waals surface area contributed by atoms with Gasteiger partial charge in [0, 0.05) is 6.42 Å². The molecule has 0 radical (unpaired) electrons. The molecule has 0 aromatic rings. The van der Waals surface area contributed by atoms with Gasteiger partial charge in [0.25, 0.3) is 0 Å². The third kappa shape index (κ3) is 23.7. The highest BCUT2D eigenvalue weighted by Gasteiger charge is 2.44. The second-order valence-electron chi connectivity index (χ2n) is 13.3. The van der Waals surface area contributed by atoms with E-state index >= 15 is 0 Å². The van der Waals surface area contributed by atoms with Gasteiger partial charge in [0.05, 0.1) is 25.4 Å². The molecule has 6 N–H and O–H groups in total. The summed E-state index contributed by atoms with van der Waals surface area (Å²) in [6, 6.07) is -0.826. The summed E-state index contributed by atoms with van der Waals surface area (Å²) >= 11 is 0. The number of amides is 1. The van der Waals surface area contributed by atoms with E-state index < -0.39 is 49.5 Å². The SMILES string of the molecule is CC/C=C\C/C=C\C/C=C\C/C=C\CCCCCCCCCCC(=O)NC(COC1OC(CO)C(O)C(O)C1O)C(O)/C=C/CC/C=C/CCC. The summed E-state index contributed by atoms with van der Waals surface area (Å²) in [6.07, 6.45) is 35.4. The Morgan fingerprint density at radius 3 is 1.86 bits per heavy atom. The summed E-state index contributed by atoms with van der Waals surface area (Å²) in [5.74, 6) is -0.205. The lowest BCUT2D eigenvalue weighted by Crippen LogP contribution is -2.60. The summed E-state index contributed by atoms with van der Waals surface area (Å²) in [7, 11) is 0. The summed E-state index contributed by atoms with van der Waals surface area (Å²) in [5, 5.41) is 53.7. The fraction of sp³-hybridized carbons (Fsp3) is 0.690. The van der Waals surface area contributed by atoms with Gasteiger partial charge in [-0.3, -0.25) is 4.79 Å². The molecule has 292 valence electrons. The normalized spacial score (nSPS) is 22.8. The zero-order valence-corrected chi connectivity index (χ0v) is 31.6. The molecule has 9 nitrogen and oxygen atoms in total. The lowest BCUT2D eigenvalue weighted by Gasteiger charge is -2.40. The Labute approximate surface area is 308 Å². The van der Waals surface area contributed by atoms with Crippen LogP contribution in [0.2, 0.25) is 0 Å². The van der Waals surface area contributed by atoms with E-state index in [1.807, 2.05) is 6.08 Å². The van der Waals surface area contributed by atoms with Crippen LogP contribution in [-0.4, -0.2) is 87.5 Å². The third-order valence-electron chi connectivity index (χ3n) is 8.75. The molecule has 0 aromatic heterocycles. The zero-order valence-electron chi connectivity index (χ0n) is 31.6. The molecule has 0 spiro atoms. The summed E-state index contributed by atoms with van der Waals surface area (Å²) < 4.78 is 11.1. The molecule has 0 saturated carbocycles. The van der Waals surface area contributed by atoms with Crippen molar-refractivity contribution in [1.29, 1.82) is 0 Å². The molecule has 7 atom stereocenters. The standard InChI is InChI=1S/C42H71NO8/c1-3-5-7-9-11-12-13-14-15-16-17-18-19-20-21-22-23-24-26-28-30-32-38(46)43-35(36(45)31-29-27-25-10-8-6-4-2)34-50-42-41(49)40(48)39(47)37(33-44)51-42/h5,7-8,10-12,14-15,17-18,29,31,35-37,39-42,44-45,47-49H,3-4,6,9,13,16,19-28,30,32-34H2,1-2H3,(H,43,46)/b7-5-,10-8+,12-11-,15-14-,18-17-,31-29+. The predicted molar refractivity (Wildman–Crippen MR) is 207 cm³/mol. The fourth-order valence-electron chi connectivity index (χ4n) is 5.58. The molecule has 0 bridgehead atoms. The van der Waals surface area contributed by atoms with Crippen LogP contribution < -0.4 is 5.32 Å². The Balaban J connectivity index is 2.32.